The van der Waals surface area contributed by atoms with Crippen molar-refractivity contribution in [1.29, 1.82) is 0 Å². The summed E-state index contributed by atoms with van der Waals surface area (Å²) in [6.45, 7) is 5.00. The molecule has 0 radical (unpaired) electrons. The molecule has 0 atom stereocenters. The molecule has 2 N–H and O–H groups in total. The van der Waals surface area contributed by atoms with Crippen LogP contribution in [0.15, 0.2) is 48.9 Å². The molecule has 1 heterocycles. The Morgan fingerprint density at radius 1 is 1.33 bits per heavy atom. The van der Waals surface area contributed by atoms with Crippen molar-refractivity contribution in [3.8, 4) is 0 Å². The standard InChI is InChI=1S/C15H18N2O/c1-12(16)4-3-9-18-11-14-6-2-5-13-10-17-8-7-15(13)14/h2,5-8,10H,1,3-4,9,11,16H2. The van der Waals surface area contributed by atoms with Gasteiger partial charge in [0.05, 0.1) is 6.61 Å². The lowest BCUT2D eigenvalue weighted by atomic mass is 10.1. The van der Waals surface area contributed by atoms with E-state index < -0.39 is 0 Å². The summed E-state index contributed by atoms with van der Waals surface area (Å²) in [6, 6.07) is 8.20. The highest BCUT2D eigenvalue weighted by Gasteiger charge is 2.00. The van der Waals surface area contributed by atoms with Gasteiger partial charge in [-0.1, -0.05) is 24.8 Å². The topological polar surface area (TPSA) is 48.1 Å². The summed E-state index contributed by atoms with van der Waals surface area (Å²) in [5.41, 5.74) is 7.42. The van der Waals surface area contributed by atoms with E-state index in [2.05, 4.69) is 23.7 Å². The van der Waals surface area contributed by atoms with Gasteiger partial charge in [-0.2, -0.15) is 0 Å². The lowest BCUT2D eigenvalue weighted by Gasteiger charge is -2.07. The van der Waals surface area contributed by atoms with Gasteiger partial charge in [-0.3, -0.25) is 4.98 Å². The first kappa shape index (κ1) is 12.6. The van der Waals surface area contributed by atoms with Crippen LogP contribution in [0.5, 0.6) is 0 Å². The number of hydrogen-bond donors (Lipinski definition) is 1. The molecule has 0 bridgehead atoms. The summed E-state index contributed by atoms with van der Waals surface area (Å²) in [5.74, 6) is 0. The highest BCUT2D eigenvalue weighted by Crippen LogP contribution is 2.18. The molecule has 0 spiro atoms. The van der Waals surface area contributed by atoms with Gasteiger partial charge in [0.15, 0.2) is 0 Å². The molecule has 0 saturated carbocycles. The van der Waals surface area contributed by atoms with E-state index in [4.69, 9.17) is 10.5 Å². The maximum atomic E-state index is 5.66. The lowest BCUT2D eigenvalue weighted by molar-refractivity contribution is 0.119. The van der Waals surface area contributed by atoms with Crippen molar-refractivity contribution in [2.24, 2.45) is 5.73 Å². The summed E-state index contributed by atoms with van der Waals surface area (Å²) in [5, 5.41) is 2.35. The van der Waals surface area contributed by atoms with E-state index in [9.17, 15) is 0 Å². The van der Waals surface area contributed by atoms with Crippen molar-refractivity contribution < 1.29 is 4.74 Å². The summed E-state index contributed by atoms with van der Waals surface area (Å²) >= 11 is 0. The average molecular weight is 242 g/mol. The quantitative estimate of drug-likeness (QED) is 0.792. The molecule has 0 fully saturated rings. The Morgan fingerprint density at radius 2 is 2.22 bits per heavy atom. The predicted octanol–water partition coefficient (Wildman–Crippen LogP) is 3.00. The molecule has 3 heteroatoms. The molecule has 3 nitrogen and oxygen atoms in total. The van der Waals surface area contributed by atoms with Gasteiger partial charge >= 0.3 is 0 Å². The number of nitrogens with two attached hydrogens (primary N) is 1. The minimum Gasteiger partial charge on any atom is -0.403 e. The van der Waals surface area contributed by atoms with Gasteiger partial charge in [-0.05, 0) is 29.9 Å². The molecule has 2 rings (SSSR count). The predicted molar refractivity (Wildman–Crippen MR) is 74.0 cm³/mol. The van der Waals surface area contributed by atoms with E-state index in [0.717, 1.165) is 23.9 Å². The molecule has 1 aromatic heterocycles. The molecule has 0 unspecified atom stereocenters. The van der Waals surface area contributed by atoms with Crippen molar-refractivity contribution in [3.05, 3.63) is 54.5 Å². The fraction of sp³-hybridized carbons (Fsp3) is 0.267. The van der Waals surface area contributed by atoms with E-state index in [1.54, 1.807) is 0 Å². The van der Waals surface area contributed by atoms with Crippen LogP contribution >= 0.6 is 0 Å². The van der Waals surface area contributed by atoms with E-state index >= 15 is 0 Å². The molecule has 18 heavy (non-hydrogen) atoms. The number of hydrogen-bond acceptors (Lipinski definition) is 3. The Balaban J connectivity index is 1.93. The van der Waals surface area contributed by atoms with Crippen LogP contribution in [0, 0.1) is 0 Å². The summed E-state index contributed by atoms with van der Waals surface area (Å²) < 4.78 is 5.66. The molecule has 0 aliphatic carbocycles. The Morgan fingerprint density at radius 3 is 3.06 bits per heavy atom. The van der Waals surface area contributed by atoms with Crippen LogP contribution in [0.1, 0.15) is 18.4 Å². The number of ether oxygens (including phenoxy) is 1. The maximum Gasteiger partial charge on any atom is 0.0722 e. The van der Waals surface area contributed by atoms with Gasteiger partial charge < -0.3 is 10.5 Å². The summed E-state index contributed by atoms with van der Waals surface area (Å²) in [7, 11) is 0. The normalized spacial score (nSPS) is 10.7. The third kappa shape index (κ3) is 3.31. The average Bonchev–Trinajstić information content (AvgIpc) is 2.38. The molecule has 0 aliphatic rings. The Bertz CT molecular complexity index is 532. The van der Waals surface area contributed by atoms with Crippen molar-refractivity contribution in [3.63, 3.8) is 0 Å². The zero-order valence-corrected chi connectivity index (χ0v) is 10.4. The van der Waals surface area contributed by atoms with Crippen molar-refractivity contribution in [2.45, 2.75) is 19.4 Å². The number of pyridine rings is 1. The van der Waals surface area contributed by atoms with Gasteiger partial charge in [-0.15, -0.1) is 0 Å². The number of rotatable bonds is 6. The second kappa shape index (κ2) is 6.17. The molecular weight excluding hydrogens is 224 g/mol. The van der Waals surface area contributed by atoms with Crippen molar-refractivity contribution in [1.82, 2.24) is 4.98 Å². The number of nitrogens with zero attached hydrogens (tertiary/aromatic N) is 1. The van der Waals surface area contributed by atoms with Crippen LogP contribution in [0.25, 0.3) is 10.8 Å². The van der Waals surface area contributed by atoms with E-state index in [1.165, 1.54) is 10.9 Å². The molecular formula is C15H18N2O. The first-order valence-corrected chi connectivity index (χ1v) is 6.10. The number of allylic oxidation sites excluding steroid dienone is 1. The molecule has 94 valence electrons. The molecule has 1 aromatic carbocycles. The van der Waals surface area contributed by atoms with Crippen LogP contribution < -0.4 is 5.73 Å². The van der Waals surface area contributed by atoms with Gasteiger partial charge in [-0.25, -0.2) is 0 Å². The van der Waals surface area contributed by atoms with Crippen molar-refractivity contribution in [2.75, 3.05) is 6.61 Å². The third-order valence-electron chi connectivity index (χ3n) is 2.82. The molecule has 2 aromatic rings. The lowest BCUT2D eigenvalue weighted by Crippen LogP contribution is -2.00. The molecule has 0 saturated heterocycles. The largest absolute Gasteiger partial charge is 0.403 e. The van der Waals surface area contributed by atoms with Crippen LogP contribution in [-0.2, 0) is 11.3 Å². The third-order valence-corrected chi connectivity index (χ3v) is 2.82. The van der Waals surface area contributed by atoms with Gasteiger partial charge in [0, 0.05) is 30.1 Å². The first-order chi connectivity index (χ1) is 8.77. The molecule has 0 amide bonds. The van der Waals surface area contributed by atoms with Crippen LogP contribution in [0.4, 0.5) is 0 Å². The van der Waals surface area contributed by atoms with Gasteiger partial charge in [0.25, 0.3) is 0 Å². The minimum absolute atomic E-state index is 0.623. The summed E-state index contributed by atoms with van der Waals surface area (Å²) in [4.78, 5) is 4.12. The number of aromatic nitrogens is 1. The number of benzene rings is 1. The Kier molecular flexibility index (Phi) is 4.31. The second-order valence-electron chi connectivity index (χ2n) is 4.33. The number of fused-ring (bicyclic) bond motifs is 1. The maximum absolute atomic E-state index is 5.66. The van der Waals surface area contributed by atoms with E-state index in [-0.39, 0.29) is 0 Å². The van der Waals surface area contributed by atoms with Gasteiger partial charge in [0.2, 0.25) is 0 Å². The SMILES string of the molecule is C=C(N)CCCOCc1cccc2cnccc12. The zero-order chi connectivity index (χ0) is 12.8. The second-order valence-corrected chi connectivity index (χ2v) is 4.33. The fourth-order valence-corrected chi connectivity index (χ4v) is 1.90. The molecule has 0 aliphatic heterocycles. The van der Waals surface area contributed by atoms with Crippen molar-refractivity contribution >= 4 is 10.8 Å². The zero-order valence-electron chi connectivity index (χ0n) is 10.4. The monoisotopic (exact) mass is 242 g/mol. The minimum atomic E-state index is 0.623. The Hall–Kier alpha value is -1.87. The summed E-state index contributed by atoms with van der Waals surface area (Å²) in [6.07, 6.45) is 5.42. The van der Waals surface area contributed by atoms with E-state index in [0.29, 0.717) is 13.2 Å². The van der Waals surface area contributed by atoms with E-state index in [1.807, 2.05) is 24.5 Å². The fourth-order valence-electron chi connectivity index (χ4n) is 1.90. The van der Waals surface area contributed by atoms with Crippen LogP contribution in [0.2, 0.25) is 0 Å². The van der Waals surface area contributed by atoms with Gasteiger partial charge in [0.1, 0.15) is 0 Å². The smallest absolute Gasteiger partial charge is 0.0722 e. The highest BCUT2D eigenvalue weighted by molar-refractivity contribution is 5.84. The first-order valence-electron chi connectivity index (χ1n) is 6.10. The Labute approximate surface area is 107 Å². The highest BCUT2D eigenvalue weighted by atomic mass is 16.5. The van der Waals surface area contributed by atoms with Crippen LogP contribution in [-0.4, -0.2) is 11.6 Å². The van der Waals surface area contributed by atoms with Crippen LogP contribution in [0.3, 0.4) is 0 Å².